The molecule has 0 saturated heterocycles. The van der Waals surface area contributed by atoms with Crippen LogP contribution >= 0.6 is 0 Å². The van der Waals surface area contributed by atoms with Crippen molar-refractivity contribution in [3.05, 3.63) is 29.6 Å². The van der Waals surface area contributed by atoms with Crippen molar-refractivity contribution in [3.63, 3.8) is 0 Å². The standard InChI is InChI=1S/C15H25FN2/c1-4-5-6-10-18(12(2)3)15-13(11-17)8-7-9-14(15)16/h7-9,12H,4-6,10-11,17H2,1-3H3. The molecule has 0 aliphatic rings. The molecule has 3 heteroatoms. The van der Waals surface area contributed by atoms with Crippen LogP contribution in [-0.4, -0.2) is 12.6 Å². The van der Waals surface area contributed by atoms with Gasteiger partial charge in [0.25, 0.3) is 0 Å². The van der Waals surface area contributed by atoms with Crippen LogP contribution in [0.1, 0.15) is 45.6 Å². The zero-order valence-electron chi connectivity index (χ0n) is 11.7. The smallest absolute Gasteiger partial charge is 0.146 e. The molecule has 0 spiro atoms. The highest BCUT2D eigenvalue weighted by Gasteiger charge is 2.17. The van der Waals surface area contributed by atoms with E-state index in [2.05, 4.69) is 25.7 Å². The van der Waals surface area contributed by atoms with E-state index in [1.807, 2.05) is 6.07 Å². The molecule has 1 rings (SSSR count). The van der Waals surface area contributed by atoms with E-state index >= 15 is 0 Å². The molecular weight excluding hydrogens is 227 g/mol. The van der Waals surface area contributed by atoms with Crippen molar-refractivity contribution in [3.8, 4) is 0 Å². The molecule has 0 amide bonds. The van der Waals surface area contributed by atoms with Gasteiger partial charge in [-0.15, -0.1) is 0 Å². The van der Waals surface area contributed by atoms with E-state index in [0.29, 0.717) is 12.2 Å². The largest absolute Gasteiger partial charge is 0.366 e. The Labute approximate surface area is 110 Å². The van der Waals surface area contributed by atoms with Crippen LogP contribution in [0.2, 0.25) is 0 Å². The molecule has 1 aromatic carbocycles. The summed E-state index contributed by atoms with van der Waals surface area (Å²) in [5, 5.41) is 0. The Morgan fingerprint density at radius 1 is 1.28 bits per heavy atom. The van der Waals surface area contributed by atoms with E-state index in [-0.39, 0.29) is 11.9 Å². The molecular formula is C15H25FN2. The van der Waals surface area contributed by atoms with Crippen molar-refractivity contribution in [1.29, 1.82) is 0 Å². The summed E-state index contributed by atoms with van der Waals surface area (Å²) in [6, 6.07) is 5.44. The van der Waals surface area contributed by atoms with Gasteiger partial charge in [0, 0.05) is 19.1 Å². The van der Waals surface area contributed by atoms with Crippen molar-refractivity contribution in [1.82, 2.24) is 0 Å². The van der Waals surface area contributed by atoms with E-state index in [1.165, 1.54) is 18.9 Å². The van der Waals surface area contributed by atoms with Gasteiger partial charge in [-0.3, -0.25) is 0 Å². The van der Waals surface area contributed by atoms with Crippen molar-refractivity contribution < 1.29 is 4.39 Å². The first-order valence-corrected chi connectivity index (χ1v) is 6.85. The van der Waals surface area contributed by atoms with E-state index in [4.69, 9.17) is 5.73 Å². The number of nitrogens with two attached hydrogens (primary N) is 1. The maximum absolute atomic E-state index is 14.1. The van der Waals surface area contributed by atoms with Gasteiger partial charge in [-0.25, -0.2) is 4.39 Å². The summed E-state index contributed by atoms with van der Waals surface area (Å²) in [5.74, 6) is -0.164. The summed E-state index contributed by atoms with van der Waals surface area (Å²) >= 11 is 0. The number of anilines is 1. The third-order valence-corrected chi connectivity index (χ3v) is 3.20. The third-order valence-electron chi connectivity index (χ3n) is 3.20. The van der Waals surface area contributed by atoms with Crippen LogP contribution in [0.25, 0.3) is 0 Å². The van der Waals surface area contributed by atoms with Gasteiger partial charge in [-0.2, -0.15) is 0 Å². The second kappa shape index (κ2) is 7.37. The number of halogens is 1. The van der Waals surface area contributed by atoms with Crippen molar-refractivity contribution in [2.75, 3.05) is 11.4 Å². The van der Waals surface area contributed by atoms with Gasteiger partial charge in [0.05, 0.1) is 5.69 Å². The van der Waals surface area contributed by atoms with Gasteiger partial charge in [0.2, 0.25) is 0 Å². The van der Waals surface area contributed by atoms with E-state index < -0.39 is 0 Å². The average Bonchev–Trinajstić information content (AvgIpc) is 2.35. The number of unbranched alkanes of at least 4 members (excludes halogenated alkanes) is 2. The fraction of sp³-hybridized carbons (Fsp3) is 0.600. The minimum atomic E-state index is -0.164. The number of nitrogens with zero attached hydrogens (tertiary/aromatic N) is 1. The van der Waals surface area contributed by atoms with Gasteiger partial charge < -0.3 is 10.6 Å². The first-order valence-electron chi connectivity index (χ1n) is 6.85. The van der Waals surface area contributed by atoms with Crippen LogP contribution < -0.4 is 10.6 Å². The van der Waals surface area contributed by atoms with Crippen LogP contribution in [0.3, 0.4) is 0 Å². The lowest BCUT2D eigenvalue weighted by Crippen LogP contribution is -2.33. The van der Waals surface area contributed by atoms with Crippen molar-refractivity contribution in [2.24, 2.45) is 5.73 Å². The molecule has 0 saturated carbocycles. The molecule has 1 aromatic rings. The quantitative estimate of drug-likeness (QED) is 0.750. The zero-order chi connectivity index (χ0) is 13.5. The highest BCUT2D eigenvalue weighted by atomic mass is 19.1. The van der Waals surface area contributed by atoms with Gasteiger partial charge in [0.1, 0.15) is 5.82 Å². The molecule has 0 aliphatic carbocycles. The Bertz CT molecular complexity index is 364. The van der Waals surface area contributed by atoms with Crippen LogP contribution in [0, 0.1) is 5.82 Å². The third kappa shape index (κ3) is 3.70. The summed E-state index contributed by atoms with van der Waals surface area (Å²) in [7, 11) is 0. The lowest BCUT2D eigenvalue weighted by atomic mass is 10.1. The molecule has 102 valence electrons. The van der Waals surface area contributed by atoms with Gasteiger partial charge in [-0.05, 0) is 31.9 Å². The van der Waals surface area contributed by atoms with Gasteiger partial charge >= 0.3 is 0 Å². The predicted molar refractivity (Wildman–Crippen MR) is 76.3 cm³/mol. The molecule has 2 N–H and O–H groups in total. The van der Waals surface area contributed by atoms with Crippen molar-refractivity contribution in [2.45, 2.75) is 52.6 Å². The van der Waals surface area contributed by atoms with Crippen LogP contribution in [0.4, 0.5) is 10.1 Å². The Kier molecular flexibility index (Phi) is 6.13. The van der Waals surface area contributed by atoms with Crippen LogP contribution in [0.5, 0.6) is 0 Å². The normalized spacial score (nSPS) is 11.0. The Morgan fingerprint density at radius 2 is 2.00 bits per heavy atom. The molecule has 0 radical (unpaired) electrons. The minimum Gasteiger partial charge on any atom is -0.366 e. The molecule has 0 heterocycles. The lowest BCUT2D eigenvalue weighted by Gasteiger charge is -2.31. The molecule has 0 atom stereocenters. The Morgan fingerprint density at radius 3 is 2.56 bits per heavy atom. The topological polar surface area (TPSA) is 29.3 Å². The maximum atomic E-state index is 14.1. The monoisotopic (exact) mass is 252 g/mol. The highest BCUT2D eigenvalue weighted by Crippen LogP contribution is 2.26. The molecule has 0 fully saturated rings. The number of rotatable bonds is 7. The molecule has 2 nitrogen and oxygen atoms in total. The molecule has 0 aliphatic heterocycles. The van der Waals surface area contributed by atoms with Gasteiger partial charge in [0.15, 0.2) is 0 Å². The molecule has 0 aromatic heterocycles. The minimum absolute atomic E-state index is 0.164. The van der Waals surface area contributed by atoms with Crippen LogP contribution in [0.15, 0.2) is 18.2 Å². The fourth-order valence-corrected chi connectivity index (χ4v) is 2.21. The second-order valence-corrected chi connectivity index (χ2v) is 4.95. The number of benzene rings is 1. The number of hydrogen-bond donors (Lipinski definition) is 1. The lowest BCUT2D eigenvalue weighted by molar-refractivity contribution is 0.580. The summed E-state index contributed by atoms with van der Waals surface area (Å²) < 4.78 is 14.1. The molecule has 0 bridgehead atoms. The van der Waals surface area contributed by atoms with Gasteiger partial charge in [-0.1, -0.05) is 31.9 Å². The summed E-state index contributed by atoms with van der Waals surface area (Å²) in [5.41, 5.74) is 7.29. The van der Waals surface area contributed by atoms with E-state index in [9.17, 15) is 4.39 Å². The average molecular weight is 252 g/mol. The van der Waals surface area contributed by atoms with Crippen molar-refractivity contribution >= 4 is 5.69 Å². The van der Waals surface area contributed by atoms with E-state index in [1.54, 1.807) is 6.07 Å². The SMILES string of the molecule is CCCCCN(c1c(F)cccc1CN)C(C)C. The second-order valence-electron chi connectivity index (χ2n) is 4.95. The summed E-state index contributed by atoms with van der Waals surface area (Å²) in [6.07, 6.45) is 3.44. The first-order chi connectivity index (χ1) is 8.61. The summed E-state index contributed by atoms with van der Waals surface area (Å²) in [4.78, 5) is 2.13. The number of para-hydroxylation sites is 1. The maximum Gasteiger partial charge on any atom is 0.146 e. The molecule has 18 heavy (non-hydrogen) atoms. The number of hydrogen-bond acceptors (Lipinski definition) is 2. The van der Waals surface area contributed by atoms with E-state index in [0.717, 1.165) is 18.5 Å². The zero-order valence-corrected chi connectivity index (χ0v) is 11.7. The Balaban J connectivity index is 2.97. The first kappa shape index (κ1) is 15.0. The summed E-state index contributed by atoms with van der Waals surface area (Å²) in [6.45, 7) is 7.63. The predicted octanol–water partition coefficient (Wildman–Crippen LogP) is 3.69. The van der Waals surface area contributed by atoms with Crippen LogP contribution in [-0.2, 0) is 6.54 Å². The Hall–Kier alpha value is -1.09. The fourth-order valence-electron chi connectivity index (χ4n) is 2.21. The molecule has 0 unspecified atom stereocenters. The highest BCUT2D eigenvalue weighted by molar-refractivity contribution is 5.55.